The van der Waals surface area contributed by atoms with Gasteiger partial charge in [0.1, 0.15) is 17.2 Å². The quantitative estimate of drug-likeness (QED) is 0.0574. The first-order valence-electron chi connectivity index (χ1n) is 17.7. The normalized spacial score (nSPS) is 9.81. The molecule has 0 fully saturated rings. The van der Waals surface area contributed by atoms with Gasteiger partial charge in [-0.15, -0.1) is 11.5 Å². The van der Waals surface area contributed by atoms with Gasteiger partial charge in [0.05, 0.1) is 45.6 Å². The molecule has 0 bridgehead atoms. The Morgan fingerprint density at radius 1 is 0.741 bits per heavy atom. The minimum atomic E-state index is -0.476. The fourth-order valence-electron chi connectivity index (χ4n) is 4.40. The van der Waals surface area contributed by atoms with E-state index in [-0.39, 0.29) is 18.6 Å². The lowest BCUT2D eigenvalue weighted by molar-refractivity contribution is 0.317. The second-order valence-electron chi connectivity index (χ2n) is 11.8. The van der Waals surface area contributed by atoms with E-state index in [0.717, 1.165) is 42.1 Å². The van der Waals surface area contributed by atoms with Crippen molar-refractivity contribution < 1.29 is 9.47 Å². The van der Waals surface area contributed by atoms with E-state index in [1.165, 1.54) is 45.9 Å². The Morgan fingerprint density at radius 2 is 1.29 bits per heavy atom. The van der Waals surface area contributed by atoms with Crippen LogP contribution in [-0.2, 0) is 26.2 Å². The van der Waals surface area contributed by atoms with Crippen molar-refractivity contribution in [2.75, 3.05) is 13.2 Å². The molecule has 4 aromatic heterocycles. The number of terminal acetylenes is 1. The van der Waals surface area contributed by atoms with E-state index >= 15 is 0 Å². The lowest BCUT2D eigenvalue weighted by atomic mass is 10.2. The Balaban J connectivity index is 0.000000230. The summed E-state index contributed by atoms with van der Waals surface area (Å²) >= 11 is 0. The van der Waals surface area contributed by atoms with Crippen LogP contribution in [0.1, 0.15) is 43.5 Å². The third-order valence-electron chi connectivity index (χ3n) is 7.11. The number of nitrogens with one attached hydrogen (secondary N) is 4. The number of benzene rings is 2. The van der Waals surface area contributed by atoms with Crippen molar-refractivity contribution in [2.24, 2.45) is 5.11 Å². The third-order valence-corrected chi connectivity index (χ3v) is 7.11. The standard InChI is InChI=1S/C17H19N5O3.C10H13N3O.C7H6N2O2.C4H4N2O2/c1-2-9-25-15-5-3-13(4-6-15)10-22-12-14(19-20-22)11-21-8-7-16(23)18-17(21)24;1-2-7-14-10-5-3-9(4-6-10)8-12-13-11;1-2-4-9-5-3-6(10)8-7(9)11;7-3-1-2-5-4(8)6-3/h3-8,12H,2,9-11H2,1H3,(H,18,23,24);3-6H,2,7-8H2,1H3;1,3,5H,4H2,(H,8,10,11);1-2H,(H2,5,6,7,8). The number of rotatable bonds is 13. The van der Waals surface area contributed by atoms with Crippen LogP contribution in [0, 0.1) is 12.3 Å². The number of nitrogens with zero attached hydrogens (tertiary/aromatic N) is 8. The van der Waals surface area contributed by atoms with Gasteiger partial charge in [-0.2, -0.15) is 0 Å². The Bertz CT molecular complexity index is 2580. The van der Waals surface area contributed by atoms with Crippen LogP contribution in [0.3, 0.4) is 0 Å². The first-order chi connectivity index (χ1) is 28.0. The van der Waals surface area contributed by atoms with Crippen molar-refractivity contribution in [3.63, 3.8) is 0 Å². The van der Waals surface area contributed by atoms with Gasteiger partial charge in [0, 0.05) is 41.7 Å². The highest BCUT2D eigenvalue weighted by Gasteiger charge is 2.05. The molecule has 0 saturated heterocycles. The van der Waals surface area contributed by atoms with Gasteiger partial charge in [-0.05, 0) is 53.8 Å². The minimum Gasteiger partial charge on any atom is -0.494 e. The summed E-state index contributed by atoms with van der Waals surface area (Å²) in [6.45, 7) is 6.96. The van der Waals surface area contributed by atoms with Crippen LogP contribution >= 0.6 is 0 Å². The highest BCUT2D eigenvalue weighted by molar-refractivity contribution is 5.28. The molecule has 0 saturated carbocycles. The molecule has 0 unspecified atom stereocenters. The van der Waals surface area contributed by atoms with Gasteiger partial charge in [-0.25, -0.2) is 19.1 Å². The highest BCUT2D eigenvalue weighted by atomic mass is 16.5. The molecule has 4 N–H and O–H groups in total. The van der Waals surface area contributed by atoms with Gasteiger partial charge in [-0.3, -0.25) is 38.5 Å². The maximum Gasteiger partial charge on any atom is 0.329 e. The zero-order chi connectivity index (χ0) is 42.1. The summed E-state index contributed by atoms with van der Waals surface area (Å²) in [5.41, 5.74) is 8.20. The van der Waals surface area contributed by atoms with E-state index in [4.69, 9.17) is 21.4 Å². The number of aromatic nitrogens is 9. The first-order valence-corrected chi connectivity index (χ1v) is 17.7. The van der Waals surface area contributed by atoms with Crippen molar-refractivity contribution in [1.29, 1.82) is 0 Å². The summed E-state index contributed by atoms with van der Waals surface area (Å²) in [5.74, 6) is 3.99. The summed E-state index contributed by atoms with van der Waals surface area (Å²) < 4.78 is 15.3. The molecule has 0 aliphatic heterocycles. The van der Waals surface area contributed by atoms with Crippen molar-refractivity contribution in [1.82, 2.24) is 44.1 Å². The van der Waals surface area contributed by atoms with Gasteiger partial charge >= 0.3 is 17.1 Å². The molecule has 20 heteroatoms. The first kappa shape index (κ1) is 44.5. The van der Waals surface area contributed by atoms with E-state index < -0.39 is 28.2 Å². The largest absolute Gasteiger partial charge is 0.494 e. The maximum atomic E-state index is 11.7. The minimum absolute atomic E-state index is 0.176. The molecular formula is C38H42N12O8. The predicted molar refractivity (Wildman–Crippen MR) is 215 cm³/mol. The molecule has 0 aliphatic rings. The van der Waals surface area contributed by atoms with Gasteiger partial charge < -0.3 is 14.5 Å². The number of azide groups is 1. The van der Waals surface area contributed by atoms with Crippen LogP contribution in [0.4, 0.5) is 0 Å². The maximum absolute atomic E-state index is 11.7. The predicted octanol–water partition coefficient (Wildman–Crippen LogP) is 2.53. The van der Waals surface area contributed by atoms with Gasteiger partial charge in [-0.1, -0.05) is 54.4 Å². The van der Waals surface area contributed by atoms with E-state index in [9.17, 15) is 28.8 Å². The summed E-state index contributed by atoms with van der Waals surface area (Å²) in [4.78, 5) is 75.8. The van der Waals surface area contributed by atoms with Crippen molar-refractivity contribution in [3.05, 3.63) is 181 Å². The van der Waals surface area contributed by atoms with Crippen molar-refractivity contribution in [2.45, 2.75) is 52.9 Å². The number of ether oxygens (including phenoxy) is 2. The smallest absolute Gasteiger partial charge is 0.329 e. The molecule has 0 amide bonds. The Morgan fingerprint density at radius 3 is 1.78 bits per heavy atom. The monoisotopic (exact) mass is 794 g/mol. The van der Waals surface area contributed by atoms with Crippen LogP contribution in [0.5, 0.6) is 11.5 Å². The van der Waals surface area contributed by atoms with Gasteiger partial charge in [0.2, 0.25) is 0 Å². The molecule has 0 aliphatic carbocycles. The van der Waals surface area contributed by atoms with E-state index in [2.05, 4.69) is 55.1 Å². The number of H-pyrrole nitrogens is 4. The van der Waals surface area contributed by atoms with Crippen LogP contribution in [0.2, 0.25) is 0 Å². The summed E-state index contributed by atoms with van der Waals surface area (Å²) in [5, 5.41) is 11.6. The van der Waals surface area contributed by atoms with Crippen molar-refractivity contribution >= 4 is 0 Å². The zero-order valence-corrected chi connectivity index (χ0v) is 31.7. The average molecular weight is 795 g/mol. The number of aromatic amines is 4. The molecule has 302 valence electrons. The lowest BCUT2D eigenvalue weighted by Gasteiger charge is -2.06. The molecule has 2 aromatic carbocycles. The fourth-order valence-corrected chi connectivity index (χ4v) is 4.40. The number of hydrogen-bond donors (Lipinski definition) is 4. The second kappa shape index (κ2) is 24.5. The van der Waals surface area contributed by atoms with E-state index in [1.807, 2.05) is 53.5 Å². The highest BCUT2D eigenvalue weighted by Crippen LogP contribution is 2.14. The van der Waals surface area contributed by atoms with E-state index in [0.29, 0.717) is 25.4 Å². The van der Waals surface area contributed by atoms with Crippen LogP contribution < -0.4 is 43.2 Å². The van der Waals surface area contributed by atoms with Crippen molar-refractivity contribution in [3.8, 4) is 23.8 Å². The molecule has 0 spiro atoms. The lowest BCUT2D eigenvalue weighted by Crippen LogP contribution is -2.28. The SMILES string of the molecule is C#CCn1ccc(=O)[nH]c1=O.CCCOc1ccc(CN=[N+]=[N-])cc1.CCCOc1ccc(Cn2cc(Cn3ccc(=O)[nH]c3=O)nn2)cc1.O=c1cc[nH]c(=O)[nH]1. The molecular weight excluding hydrogens is 752 g/mol. The summed E-state index contributed by atoms with van der Waals surface area (Å²) in [7, 11) is 0. The third kappa shape index (κ3) is 16.6. The Kier molecular flexibility index (Phi) is 18.8. The average Bonchev–Trinajstić information content (AvgIpc) is 3.65. The Labute approximate surface area is 329 Å². The molecule has 0 radical (unpaired) electrons. The molecule has 20 nitrogen and oxygen atoms in total. The topological polar surface area (TPSA) is 273 Å². The number of hydrogen-bond acceptors (Lipinski definition) is 11. The summed E-state index contributed by atoms with van der Waals surface area (Å²) in [6, 6.07) is 19.2. The molecule has 58 heavy (non-hydrogen) atoms. The molecule has 4 heterocycles. The van der Waals surface area contributed by atoms with Crippen LogP contribution in [0.25, 0.3) is 10.4 Å². The second-order valence-corrected chi connectivity index (χ2v) is 11.8. The fraction of sp³-hybridized carbons (Fsp3) is 0.263. The van der Waals surface area contributed by atoms with Gasteiger partial charge in [0.15, 0.2) is 0 Å². The van der Waals surface area contributed by atoms with Gasteiger partial charge in [0.25, 0.3) is 16.7 Å². The van der Waals surface area contributed by atoms with Crippen LogP contribution in [-0.4, -0.2) is 57.3 Å². The Hall–Kier alpha value is -7.91. The molecule has 6 rings (SSSR count). The van der Waals surface area contributed by atoms with Crippen LogP contribution in [0.15, 0.2) is 125 Å². The summed E-state index contributed by atoms with van der Waals surface area (Å²) in [6.07, 6.45) is 12.8. The molecule has 6 aromatic rings. The molecule has 0 atom stereocenters. The zero-order valence-electron chi connectivity index (χ0n) is 31.7. The van der Waals surface area contributed by atoms with E-state index in [1.54, 1.807) is 10.9 Å².